The van der Waals surface area contributed by atoms with Gasteiger partial charge in [0, 0.05) is 19.5 Å². The Morgan fingerprint density at radius 1 is 1.28 bits per heavy atom. The maximum absolute atomic E-state index is 13.1. The molecule has 25 heavy (non-hydrogen) atoms. The van der Waals surface area contributed by atoms with E-state index in [4.69, 9.17) is 4.42 Å². The summed E-state index contributed by atoms with van der Waals surface area (Å²) in [6.45, 7) is 2.00. The molecule has 1 amide bonds. The van der Waals surface area contributed by atoms with Crippen LogP contribution in [0.5, 0.6) is 0 Å². The maximum Gasteiger partial charge on any atom is 0.230 e. The van der Waals surface area contributed by atoms with Crippen molar-refractivity contribution in [3.63, 3.8) is 0 Å². The van der Waals surface area contributed by atoms with Crippen LogP contribution in [0.2, 0.25) is 0 Å². The molecular formula is C19H23NO4S. The molecule has 134 valence electrons. The second-order valence-corrected chi connectivity index (χ2v) is 8.98. The summed E-state index contributed by atoms with van der Waals surface area (Å²) in [6.07, 6.45) is 2.56. The third-order valence-electron chi connectivity index (χ3n) is 4.87. The van der Waals surface area contributed by atoms with E-state index in [1.807, 2.05) is 37.3 Å². The highest BCUT2D eigenvalue weighted by atomic mass is 32.2. The highest BCUT2D eigenvalue weighted by molar-refractivity contribution is 7.91. The summed E-state index contributed by atoms with van der Waals surface area (Å²) in [7, 11) is -1.33. The number of aryl methyl sites for hydroxylation is 1. The number of carbonyl (C=O) groups excluding carboxylic acids is 1. The number of hydrogen-bond donors (Lipinski definition) is 0. The van der Waals surface area contributed by atoms with Crippen LogP contribution in [0.15, 0.2) is 47.1 Å². The molecule has 2 heterocycles. The Balaban J connectivity index is 1.85. The molecule has 2 unspecified atom stereocenters. The van der Waals surface area contributed by atoms with Crippen LogP contribution in [0.4, 0.5) is 0 Å². The van der Waals surface area contributed by atoms with E-state index in [0.29, 0.717) is 12.8 Å². The minimum Gasteiger partial charge on any atom is -0.469 e. The third kappa shape index (κ3) is 4.12. The molecule has 2 atom stereocenters. The molecular weight excluding hydrogens is 338 g/mol. The van der Waals surface area contributed by atoms with Gasteiger partial charge in [-0.25, -0.2) is 8.42 Å². The smallest absolute Gasteiger partial charge is 0.230 e. The molecule has 6 heteroatoms. The van der Waals surface area contributed by atoms with E-state index < -0.39 is 9.84 Å². The van der Waals surface area contributed by atoms with Gasteiger partial charge in [-0.05, 0) is 31.0 Å². The van der Waals surface area contributed by atoms with Crippen molar-refractivity contribution in [2.24, 2.45) is 0 Å². The molecule has 0 spiro atoms. The fourth-order valence-electron chi connectivity index (χ4n) is 3.28. The second-order valence-electron chi connectivity index (χ2n) is 6.75. The Morgan fingerprint density at radius 3 is 2.56 bits per heavy atom. The van der Waals surface area contributed by atoms with Gasteiger partial charge in [0.15, 0.2) is 9.84 Å². The van der Waals surface area contributed by atoms with Crippen molar-refractivity contribution in [1.29, 1.82) is 0 Å². The molecule has 2 aromatic rings. The van der Waals surface area contributed by atoms with Gasteiger partial charge in [0.05, 0.1) is 23.7 Å². The van der Waals surface area contributed by atoms with Gasteiger partial charge in [-0.1, -0.05) is 29.8 Å². The number of amides is 1. The first kappa shape index (κ1) is 17.7. The number of nitrogens with zero attached hydrogens (tertiary/aromatic N) is 1. The average Bonchev–Trinajstić information content (AvgIpc) is 3.21. The Morgan fingerprint density at radius 2 is 2.00 bits per heavy atom. The van der Waals surface area contributed by atoms with Gasteiger partial charge >= 0.3 is 0 Å². The highest BCUT2D eigenvalue weighted by Gasteiger charge is 2.35. The Labute approximate surface area is 148 Å². The van der Waals surface area contributed by atoms with Crippen LogP contribution in [-0.2, 0) is 21.1 Å². The standard InChI is InChI=1S/C19H23NO4S/c1-14-5-7-15(8-6-14)18(12-17-4-3-10-24-17)19(21)20(2)16-9-11-25(22,23)13-16/h3-8,10,16,18H,9,11-13H2,1-2H3. The van der Waals surface area contributed by atoms with Crippen molar-refractivity contribution < 1.29 is 17.6 Å². The molecule has 0 N–H and O–H groups in total. The van der Waals surface area contributed by atoms with Crippen LogP contribution in [-0.4, -0.2) is 43.8 Å². The lowest BCUT2D eigenvalue weighted by Crippen LogP contribution is -2.41. The van der Waals surface area contributed by atoms with Gasteiger partial charge in [0.25, 0.3) is 0 Å². The van der Waals surface area contributed by atoms with Gasteiger partial charge in [0.2, 0.25) is 5.91 Å². The van der Waals surface area contributed by atoms with Crippen molar-refractivity contribution in [3.8, 4) is 0 Å². The lowest BCUT2D eigenvalue weighted by atomic mass is 9.92. The van der Waals surface area contributed by atoms with E-state index in [1.165, 1.54) is 0 Å². The Kier molecular flexibility index (Phi) is 4.99. The van der Waals surface area contributed by atoms with Gasteiger partial charge in [-0.15, -0.1) is 0 Å². The minimum absolute atomic E-state index is 0.0522. The van der Waals surface area contributed by atoms with Gasteiger partial charge in [-0.3, -0.25) is 4.79 Å². The minimum atomic E-state index is -3.03. The molecule has 3 rings (SSSR count). The molecule has 1 aliphatic rings. The van der Waals surface area contributed by atoms with Gasteiger partial charge in [0.1, 0.15) is 5.76 Å². The quantitative estimate of drug-likeness (QED) is 0.821. The van der Waals surface area contributed by atoms with Crippen LogP contribution >= 0.6 is 0 Å². The van der Waals surface area contributed by atoms with Crippen molar-refractivity contribution in [1.82, 2.24) is 4.90 Å². The molecule has 0 radical (unpaired) electrons. The van der Waals surface area contributed by atoms with Crippen molar-refractivity contribution in [3.05, 3.63) is 59.5 Å². The summed E-state index contributed by atoms with van der Waals surface area (Å²) in [5.74, 6) is 0.494. The number of benzene rings is 1. The summed E-state index contributed by atoms with van der Waals surface area (Å²) in [4.78, 5) is 14.8. The zero-order chi connectivity index (χ0) is 18.0. The number of likely N-dealkylation sites (N-methyl/N-ethyl adjacent to an activating group) is 1. The number of furan rings is 1. The first-order valence-corrected chi connectivity index (χ1v) is 10.2. The summed E-state index contributed by atoms with van der Waals surface area (Å²) in [5, 5.41) is 0. The summed E-state index contributed by atoms with van der Waals surface area (Å²) in [6, 6.07) is 11.3. The zero-order valence-corrected chi connectivity index (χ0v) is 15.3. The lowest BCUT2D eigenvalue weighted by molar-refractivity contribution is -0.133. The number of hydrogen-bond acceptors (Lipinski definition) is 4. The predicted octanol–water partition coefficient (Wildman–Crippen LogP) is 2.56. The van der Waals surface area contributed by atoms with Crippen LogP contribution < -0.4 is 0 Å². The van der Waals surface area contributed by atoms with Crippen LogP contribution in [0.3, 0.4) is 0 Å². The van der Waals surface area contributed by atoms with E-state index in [0.717, 1.165) is 16.9 Å². The average molecular weight is 361 g/mol. The molecule has 1 aromatic carbocycles. The topological polar surface area (TPSA) is 67.6 Å². The largest absolute Gasteiger partial charge is 0.469 e. The first-order valence-electron chi connectivity index (χ1n) is 8.42. The van der Waals surface area contributed by atoms with Crippen molar-refractivity contribution in [2.75, 3.05) is 18.6 Å². The Bertz CT molecular complexity index is 825. The molecule has 1 fully saturated rings. The summed E-state index contributed by atoms with van der Waals surface area (Å²) in [5.41, 5.74) is 2.04. The first-order chi connectivity index (χ1) is 11.9. The SMILES string of the molecule is Cc1ccc(C(Cc2ccco2)C(=O)N(C)C2CCS(=O)(=O)C2)cc1. The fraction of sp³-hybridized carbons (Fsp3) is 0.421. The molecule has 1 saturated heterocycles. The molecule has 0 saturated carbocycles. The van der Waals surface area contributed by atoms with Crippen molar-refractivity contribution in [2.45, 2.75) is 31.7 Å². The summed E-state index contributed by atoms with van der Waals surface area (Å²) >= 11 is 0. The lowest BCUT2D eigenvalue weighted by Gasteiger charge is -2.28. The molecule has 0 aliphatic carbocycles. The van der Waals surface area contributed by atoms with E-state index in [1.54, 1.807) is 24.3 Å². The highest BCUT2D eigenvalue weighted by Crippen LogP contribution is 2.27. The van der Waals surface area contributed by atoms with E-state index in [-0.39, 0.29) is 29.4 Å². The normalized spacial score (nSPS) is 20.3. The zero-order valence-electron chi connectivity index (χ0n) is 14.5. The molecule has 1 aromatic heterocycles. The van der Waals surface area contributed by atoms with Gasteiger partial charge in [-0.2, -0.15) is 0 Å². The van der Waals surface area contributed by atoms with E-state index >= 15 is 0 Å². The monoisotopic (exact) mass is 361 g/mol. The molecule has 1 aliphatic heterocycles. The van der Waals surface area contributed by atoms with Crippen LogP contribution in [0, 0.1) is 6.92 Å². The fourth-order valence-corrected chi connectivity index (χ4v) is 5.06. The molecule has 5 nitrogen and oxygen atoms in total. The van der Waals surface area contributed by atoms with Gasteiger partial charge < -0.3 is 9.32 Å². The molecule has 0 bridgehead atoms. The van der Waals surface area contributed by atoms with Crippen LogP contribution in [0.1, 0.15) is 29.2 Å². The Hall–Kier alpha value is -2.08. The number of carbonyl (C=O) groups is 1. The van der Waals surface area contributed by atoms with E-state index in [2.05, 4.69) is 0 Å². The van der Waals surface area contributed by atoms with Crippen LogP contribution in [0.25, 0.3) is 0 Å². The number of sulfone groups is 1. The number of rotatable bonds is 5. The third-order valence-corrected chi connectivity index (χ3v) is 6.62. The summed E-state index contributed by atoms with van der Waals surface area (Å²) < 4.78 is 28.9. The predicted molar refractivity (Wildman–Crippen MR) is 96.2 cm³/mol. The van der Waals surface area contributed by atoms with Crippen molar-refractivity contribution >= 4 is 15.7 Å². The van der Waals surface area contributed by atoms with E-state index in [9.17, 15) is 13.2 Å². The maximum atomic E-state index is 13.1. The second kappa shape index (κ2) is 7.04.